The Labute approximate surface area is 117 Å². The highest BCUT2D eigenvalue weighted by Gasteiger charge is 2.31. The molecule has 1 heterocycles. The summed E-state index contributed by atoms with van der Waals surface area (Å²) in [5.74, 6) is -1.34. The summed E-state index contributed by atoms with van der Waals surface area (Å²) < 4.78 is 5.11. The van der Waals surface area contributed by atoms with Crippen molar-refractivity contribution >= 4 is 18.0 Å². The number of ether oxygens (including phenoxy) is 1. The molecule has 0 aliphatic carbocycles. The Balaban J connectivity index is 2.10. The molecular formula is C15H17NO4. The fourth-order valence-corrected chi connectivity index (χ4v) is 2.10. The Morgan fingerprint density at radius 2 is 2.15 bits per heavy atom. The topological polar surface area (TPSA) is 66.8 Å². The van der Waals surface area contributed by atoms with Crippen molar-refractivity contribution in [1.82, 2.24) is 4.90 Å². The number of rotatable bonds is 3. The van der Waals surface area contributed by atoms with Gasteiger partial charge in [-0.1, -0.05) is 24.3 Å². The lowest BCUT2D eigenvalue weighted by Gasteiger charge is -2.32. The molecule has 1 saturated heterocycles. The van der Waals surface area contributed by atoms with Crippen LogP contribution >= 0.6 is 0 Å². The van der Waals surface area contributed by atoms with E-state index in [0.717, 1.165) is 11.1 Å². The third-order valence-electron chi connectivity index (χ3n) is 3.29. The minimum absolute atomic E-state index is 0.0410. The Bertz CT molecular complexity index is 538. The SMILES string of the molecule is Cc1ccccc1/C=C/C(=O)N1CCOC[C@H]1C(=O)O. The van der Waals surface area contributed by atoms with E-state index in [1.54, 1.807) is 6.08 Å². The Kier molecular flexibility index (Phi) is 4.53. The van der Waals surface area contributed by atoms with Crippen molar-refractivity contribution in [3.8, 4) is 0 Å². The zero-order valence-corrected chi connectivity index (χ0v) is 11.3. The highest BCUT2D eigenvalue weighted by molar-refractivity contribution is 5.94. The van der Waals surface area contributed by atoms with Gasteiger partial charge in [0.1, 0.15) is 0 Å². The fraction of sp³-hybridized carbons (Fsp3) is 0.333. The number of hydrogen-bond donors (Lipinski definition) is 1. The first-order valence-electron chi connectivity index (χ1n) is 6.44. The molecule has 1 aliphatic heterocycles. The smallest absolute Gasteiger partial charge is 0.328 e. The molecule has 0 spiro atoms. The van der Waals surface area contributed by atoms with Crippen LogP contribution in [0, 0.1) is 6.92 Å². The zero-order chi connectivity index (χ0) is 14.5. The van der Waals surface area contributed by atoms with E-state index in [1.165, 1.54) is 11.0 Å². The standard InChI is InChI=1S/C15H17NO4/c1-11-4-2-3-5-12(11)6-7-14(17)16-8-9-20-10-13(16)15(18)19/h2-7,13H,8-10H2,1H3,(H,18,19)/b7-6+/t13-/m0/s1. The van der Waals surface area contributed by atoms with E-state index in [4.69, 9.17) is 9.84 Å². The van der Waals surface area contributed by atoms with Crippen LogP contribution in [-0.4, -0.2) is 47.7 Å². The lowest BCUT2D eigenvalue weighted by molar-refractivity contribution is -0.156. The van der Waals surface area contributed by atoms with Gasteiger partial charge in [0.25, 0.3) is 0 Å². The number of benzene rings is 1. The molecule has 2 rings (SSSR count). The monoisotopic (exact) mass is 275 g/mol. The number of nitrogens with zero attached hydrogens (tertiary/aromatic N) is 1. The van der Waals surface area contributed by atoms with Gasteiger partial charge in [0.05, 0.1) is 13.2 Å². The number of carboxylic acid groups (broad SMARTS) is 1. The number of morpholine rings is 1. The first-order chi connectivity index (χ1) is 9.59. The fourth-order valence-electron chi connectivity index (χ4n) is 2.10. The molecule has 1 aromatic rings. The van der Waals surface area contributed by atoms with Crippen molar-refractivity contribution in [3.05, 3.63) is 41.5 Å². The molecule has 1 aromatic carbocycles. The second-order valence-corrected chi connectivity index (χ2v) is 4.65. The maximum atomic E-state index is 12.1. The van der Waals surface area contributed by atoms with Crippen LogP contribution < -0.4 is 0 Å². The van der Waals surface area contributed by atoms with Crippen LogP contribution in [0.15, 0.2) is 30.3 Å². The van der Waals surface area contributed by atoms with E-state index < -0.39 is 12.0 Å². The Morgan fingerprint density at radius 1 is 1.40 bits per heavy atom. The number of carbonyl (C=O) groups is 2. The van der Waals surface area contributed by atoms with Crippen LogP contribution in [-0.2, 0) is 14.3 Å². The van der Waals surface area contributed by atoms with E-state index in [-0.39, 0.29) is 12.5 Å². The van der Waals surface area contributed by atoms with Crippen LogP contribution in [0.25, 0.3) is 6.08 Å². The third-order valence-corrected chi connectivity index (χ3v) is 3.29. The summed E-state index contributed by atoms with van der Waals surface area (Å²) in [6, 6.07) is 6.78. The molecule has 0 radical (unpaired) electrons. The lowest BCUT2D eigenvalue weighted by Crippen LogP contribution is -2.52. The lowest BCUT2D eigenvalue weighted by atomic mass is 10.1. The molecule has 0 bridgehead atoms. The number of aryl methyl sites for hydroxylation is 1. The predicted octanol–water partition coefficient (Wildman–Crippen LogP) is 1.32. The third kappa shape index (κ3) is 3.24. The molecule has 20 heavy (non-hydrogen) atoms. The van der Waals surface area contributed by atoms with Crippen molar-refractivity contribution in [2.75, 3.05) is 19.8 Å². The summed E-state index contributed by atoms with van der Waals surface area (Å²) in [5, 5.41) is 9.09. The summed E-state index contributed by atoms with van der Waals surface area (Å²) >= 11 is 0. The summed E-state index contributed by atoms with van der Waals surface area (Å²) in [4.78, 5) is 24.6. The molecule has 5 nitrogen and oxygen atoms in total. The molecule has 1 amide bonds. The average Bonchev–Trinajstić information content (AvgIpc) is 2.46. The van der Waals surface area contributed by atoms with Crippen LogP contribution in [0.1, 0.15) is 11.1 Å². The van der Waals surface area contributed by atoms with E-state index in [9.17, 15) is 9.59 Å². The molecule has 1 fully saturated rings. The minimum atomic E-state index is -1.04. The summed E-state index contributed by atoms with van der Waals surface area (Å²) in [7, 11) is 0. The largest absolute Gasteiger partial charge is 0.480 e. The average molecular weight is 275 g/mol. The Hall–Kier alpha value is -2.14. The Morgan fingerprint density at radius 3 is 2.85 bits per heavy atom. The van der Waals surface area contributed by atoms with E-state index in [1.807, 2.05) is 31.2 Å². The normalized spacial score (nSPS) is 19.2. The van der Waals surface area contributed by atoms with Crippen molar-refractivity contribution < 1.29 is 19.4 Å². The van der Waals surface area contributed by atoms with Crippen LogP contribution in [0.5, 0.6) is 0 Å². The van der Waals surface area contributed by atoms with Gasteiger partial charge in [0.15, 0.2) is 6.04 Å². The molecule has 0 saturated carbocycles. The molecule has 5 heteroatoms. The maximum absolute atomic E-state index is 12.1. The molecule has 106 valence electrons. The van der Waals surface area contributed by atoms with Crippen molar-refractivity contribution in [1.29, 1.82) is 0 Å². The second-order valence-electron chi connectivity index (χ2n) is 4.65. The van der Waals surface area contributed by atoms with Gasteiger partial charge in [-0.05, 0) is 24.1 Å². The van der Waals surface area contributed by atoms with Crippen molar-refractivity contribution in [2.45, 2.75) is 13.0 Å². The summed E-state index contributed by atoms with van der Waals surface area (Å²) in [5.41, 5.74) is 2.01. The molecule has 1 N–H and O–H groups in total. The first kappa shape index (κ1) is 14.3. The quantitative estimate of drug-likeness (QED) is 0.845. The number of carboxylic acids is 1. The number of carbonyl (C=O) groups excluding carboxylic acids is 1. The zero-order valence-electron chi connectivity index (χ0n) is 11.3. The van der Waals surface area contributed by atoms with Crippen molar-refractivity contribution in [2.24, 2.45) is 0 Å². The van der Waals surface area contributed by atoms with Gasteiger partial charge in [-0.2, -0.15) is 0 Å². The second kappa shape index (κ2) is 6.34. The van der Waals surface area contributed by atoms with Gasteiger partial charge in [-0.25, -0.2) is 4.79 Å². The molecule has 1 aliphatic rings. The van der Waals surface area contributed by atoms with Gasteiger partial charge >= 0.3 is 5.97 Å². The van der Waals surface area contributed by atoms with Crippen LogP contribution in [0.4, 0.5) is 0 Å². The van der Waals surface area contributed by atoms with Gasteiger partial charge in [0, 0.05) is 12.6 Å². The molecular weight excluding hydrogens is 258 g/mol. The molecule has 0 aromatic heterocycles. The van der Waals surface area contributed by atoms with E-state index >= 15 is 0 Å². The summed E-state index contributed by atoms with van der Waals surface area (Å²) in [6.07, 6.45) is 3.13. The van der Waals surface area contributed by atoms with Gasteiger partial charge in [-0.3, -0.25) is 4.79 Å². The van der Waals surface area contributed by atoms with Gasteiger partial charge < -0.3 is 14.7 Å². The van der Waals surface area contributed by atoms with Crippen LogP contribution in [0.3, 0.4) is 0 Å². The van der Waals surface area contributed by atoms with E-state index in [2.05, 4.69) is 0 Å². The van der Waals surface area contributed by atoms with E-state index in [0.29, 0.717) is 13.2 Å². The first-order valence-corrected chi connectivity index (χ1v) is 6.44. The van der Waals surface area contributed by atoms with Gasteiger partial charge in [-0.15, -0.1) is 0 Å². The summed E-state index contributed by atoms with van der Waals surface area (Å²) in [6.45, 7) is 2.67. The van der Waals surface area contributed by atoms with Crippen molar-refractivity contribution in [3.63, 3.8) is 0 Å². The van der Waals surface area contributed by atoms with Gasteiger partial charge in [0.2, 0.25) is 5.91 Å². The number of aliphatic carboxylic acids is 1. The minimum Gasteiger partial charge on any atom is -0.480 e. The number of amides is 1. The van der Waals surface area contributed by atoms with Crippen LogP contribution in [0.2, 0.25) is 0 Å². The number of hydrogen-bond acceptors (Lipinski definition) is 3. The molecule has 0 unspecified atom stereocenters. The highest BCUT2D eigenvalue weighted by Crippen LogP contribution is 2.12. The molecule has 1 atom stereocenters. The predicted molar refractivity (Wildman–Crippen MR) is 74.2 cm³/mol. The maximum Gasteiger partial charge on any atom is 0.328 e. The highest BCUT2D eigenvalue weighted by atomic mass is 16.5.